The van der Waals surface area contributed by atoms with Crippen molar-refractivity contribution in [1.29, 1.82) is 0 Å². The largest absolute Gasteiger partial charge is 0.486 e. The lowest BCUT2D eigenvalue weighted by Crippen LogP contribution is -2.07. The molecule has 0 aliphatic rings. The van der Waals surface area contributed by atoms with Gasteiger partial charge in [-0.2, -0.15) is 0 Å². The highest BCUT2D eigenvalue weighted by Gasteiger charge is 2.13. The van der Waals surface area contributed by atoms with E-state index in [2.05, 4.69) is 4.98 Å². The van der Waals surface area contributed by atoms with Gasteiger partial charge < -0.3 is 15.2 Å². The van der Waals surface area contributed by atoms with Crippen LogP contribution in [0.5, 0.6) is 5.75 Å². The molecule has 98 valence electrons. The number of hydrogen-bond donors (Lipinski definition) is 1. The minimum absolute atomic E-state index is 0.258. The molecule has 0 saturated carbocycles. The van der Waals surface area contributed by atoms with Gasteiger partial charge in [0.05, 0.1) is 12.8 Å². The first-order valence-corrected chi connectivity index (χ1v) is 5.71. The number of methoxy groups -OCH3 is 1. The molecular weight excluding hydrogens is 244 g/mol. The maximum atomic E-state index is 11.6. The molecule has 0 aliphatic heterocycles. The molecule has 2 aromatic rings. The molecule has 0 radical (unpaired) electrons. The van der Waals surface area contributed by atoms with Crippen molar-refractivity contribution < 1.29 is 14.3 Å². The average molecular weight is 258 g/mol. The van der Waals surface area contributed by atoms with Crippen molar-refractivity contribution in [3.8, 4) is 5.75 Å². The van der Waals surface area contributed by atoms with Crippen LogP contribution in [-0.4, -0.2) is 18.1 Å². The number of nitrogens with zero attached hydrogens (tertiary/aromatic N) is 1. The number of carbonyl (C=O) groups excluding carboxylic acids is 1. The first-order chi connectivity index (χ1) is 9.20. The number of anilines is 1. The Morgan fingerprint density at radius 3 is 2.84 bits per heavy atom. The summed E-state index contributed by atoms with van der Waals surface area (Å²) in [6, 6.07) is 10.3. The number of carbonyl (C=O) groups is 1. The molecule has 0 spiro atoms. The Labute approximate surface area is 111 Å². The van der Waals surface area contributed by atoms with Gasteiger partial charge in [-0.1, -0.05) is 6.07 Å². The van der Waals surface area contributed by atoms with Crippen LogP contribution < -0.4 is 10.5 Å². The minimum Gasteiger partial charge on any atom is -0.486 e. The fraction of sp³-hybridized carbons (Fsp3) is 0.143. The Balaban J connectivity index is 2.19. The van der Waals surface area contributed by atoms with E-state index in [9.17, 15) is 4.79 Å². The molecule has 0 amide bonds. The summed E-state index contributed by atoms with van der Waals surface area (Å²) in [7, 11) is 1.32. The summed E-state index contributed by atoms with van der Waals surface area (Å²) >= 11 is 0. The highest BCUT2D eigenvalue weighted by molar-refractivity contribution is 5.93. The fourth-order valence-corrected chi connectivity index (χ4v) is 1.57. The maximum absolute atomic E-state index is 11.6. The number of hydrogen-bond acceptors (Lipinski definition) is 5. The summed E-state index contributed by atoms with van der Waals surface area (Å²) in [5.41, 5.74) is 7.31. The predicted octanol–water partition coefficient (Wildman–Crippen LogP) is 2.03. The number of rotatable bonds is 4. The molecule has 0 atom stereocenters. The first-order valence-electron chi connectivity index (χ1n) is 5.71. The van der Waals surface area contributed by atoms with Crippen molar-refractivity contribution in [2.24, 2.45) is 0 Å². The maximum Gasteiger partial charge on any atom is 0.341 e. The number of esters is 1. The number of nitrogen functional groups attached to an aromatic ring is 1. The van der Waals surface area contributed by atoms with E-state index >= 15 is 0 Å². The van der Waals surface area contributed by atoms with Crippen molar-refractivity contribution in [2.75, 3.05) is 12.8 Å². The molecule has 2 N–H and O–H groups in total. The van der Waals surface area contributed by atoms with Crippen LogP contribution in [0.3, 0.4) is 0 Å². The van der Waals surface area contributed by atoms with Crippen molar-refractivity contribution in [3.05, 3.63) is 53.9 Å². The van der Waals surface area contributed by atoms with Gasteiger partial charge in [0.2, 0.25) is 0 Å². The van der Waals surface area contributed by atoms with Gasteiger partial charge in [-0.3, -0.25) is 4.98 Å². The predicted molar refractivity (Wildman–Crippen MR) is 70.8 cm³/mol. The van der Waals surface area contributed by atoms with E-state index in [4.69, 9.17) is 15.2 Å². The highest BCUT2D eigenvalue weighted by Crippen LogP contribution is 2.23. The topological polar surface area (TPSA) is 74.4 Å². The Hall–Kier alpha value is -2.56. The van der Waals surface area contributed by atoms with Crippen LogP contribution in [0, 0.1) is 0 Å². The van der Waals surface area contributed by atoms with Gasteiger partial charge in [0.25, 0.3) is 0 Å². The number of ether oxygens (including phenoxy) is 2. The van der Waals surface area contributed by atoms with Gasteiger partial charge in [-0.25, -0.2) is 4.79 Å². The number of aromatic nitrogens is 1. The Morgan fingerprint density at radius 1 is 1.32 bits per heavy atom. The molecule has 0 bridgehead atoms. The second kappa shape index (κ2) is 5.86. The van der Waals surface area contributed by atoms with Crippen LogP contribution in [-0.2, 0) is 11.3 Å². The summed E-state index contributed by atoms with van der Waals surface area (Å²) in [5.74, 6) is -0.0754. The fourth-order valence-electron chi connectivity index (χ4n) is 1.57. The Morgan fingerprint density at radius 2 is 2.16 bits per heavy atom. The standard InChI is InChI=1S/C14H14N2O3/c1-18-14(17)12-6-5-10(15)8-13(12)19-9-11-4-2-3-7-16-11/h2-8H,9,15H2,1H3. The molecule has 1 aromatic heterocycles. The Kier molecular flexibility index (Phi) is 3.97. The van der Waals surface area contributed by atoms with Crippen molar-refractivity contribution in [3.63, 3.8) is 0 Å². The molecule has 5 heteroatoms. The van der Waals surface area contributed by atoms with E-state index in [1.165, 1.54) is 7.11 Å². The zero-order valence-corrected chi connectivity index (χ0v) is 10.5. The zero-order valence-electron chi connectivity index (χ0n) is 10.5. The third-order valence-electron chi connectivity index (χ3n) is 2.51. The van der Waals surface area contributed by atoms with Gasteiger partial charge in [-0.05, 0) is 24.3 Å². The second-order valence-corrected chi connectivity index (χ2v) is 3.86. The van der Waals surface area contributed by atoms with Crippen LogP contribution in [0.2, 0.25) is 0 Å². The lowest BCUT2D eigenvalue weighted by Gasteiger charge is -2.10. The molecule has 0 aliphatic carbocycles. The monoisotopic (exact) mass is 258 g/mol. The molecule has 0 saturated heterocycles. The van der Waals surface area contributed by atoms with Crippen molar-refractivity contribution in [1.82, 2.24) is 4.98 Å². The molecule has 19 heavy (non-hydrogen) atoms. The van der Waals surface area contributed by atoms with E-state index in [0.717, 1.165) is 5.69 Å². The van der Waals surface area contributed by atoms with Crippen LogP contribution in [0.25, 0.3) is 0 Å². The van der Waals surface area contributed by atoms with Gasteiger partial charge in [-0.15, -0.1) is 0 Å². The minimum atomic E-state index is -0.462. The van der Waals surface area contributed by atoms with Crippen LogP contribution in [0.15, 0.2) is 42.6 Å². The van der Waals surface area contributed by atoms with Gasteiger partial charge >= 0.3 is 5.97 Å². The van der Waals surface area contributed by atoms with Crippen LogP contribution >= 0.6 is 0 Å². The molecular formula is C14H14N2O3. The van der Waals surface area contributed by atoms with E-state index in [0.29, 0.717) is 17.0 Å². The van der Waals surface area contributed by atoms with E-state index in [-0.39, 0.29) is 6.61 Å². The molecule has 1 heterocycles. The smallest absolute Gasteiger partial charge is 0.341 e. The Bertz CT molecular complexity index is 570. The number of nitrogens with two attached hydrogens (primary N) is 1. The SMILES string of the molecule is COC(=O)c1ccc(N)cc1OCc1ccccn1. The average Bonchev–Trinajstić information content (AvgIpc) is 2.45. The molecule has 5 nitrogen and oxygen atoms in total. The lowest BCUT2D eigenvalue weighted by molar-refractivity contribution is 0.0595. The molecule has 0 unspecified atom stereocenters. The highest BCUT2D eigenvalue weighted by atomic mass is 16.5. The second-order valence-electron chi connectivity index (χ2n) is 3.86. The lowest BCUT2D eigenvalue weighted by atomic mass is 10.2. The van der Waals surface area contributed by atoms with E-state index < -0.39 is 5.97 Å². The van der Waals surface area contributed by atoms with Gasteiger partial charge in [0.15, 0.2) is 0 Å². The third-order valence-corrected chi connectivity index (χ3v) is 2.51. The summed E-state index contributed by atoms with van der Waals surface area (Å²) < 4.78 is 10.3. The van der Waals surface area contributed by atoms with Crippen LogP contribution in [0.1, 0.15) is 16.1 Å². The van der Waals surface area contributed by atoms with E-state index in [1.807, 2.05) is 18.2 Å². The van der Waals surface area contributed by atoms with E-state index in [1.54, 1.807) is 24.4 Å². The van der Waals surface area contributed by atoms with Crippen molar-refractivity contribution >= 4 is 11.7 Å². The summed E-state index contributed by atoms with van der Waals surface area (Å²) in [6.07, 6.45) is 1.68. The first kappa shape index (κ1) is 12.9. The van der Waals surface area contributed by atoms with Gasteiger partial charge in [0.1, 0.15) is 17.9 Å². The molecule has 0 fully saturated rings. The number of pyridine rings is 1. The normalized spacial score (nSPS) is 9.95. The van der Waals surface area contributed by atoms with Gasteiger partial charge in [0, 0.05) is 18.0 Å². The zero-order chi connectivity index (χ0) is 13.7. The van der Waals surface area contributed by atoms with Crippen LogP contribution in [0.4, 0.5) is 5.69 Å². The number of benzene rings is 1. The summed E-state index contributed by atoms with van der Waals surface area (Å²) in [5, 5.41) is 0. The summed E-state index contributed by atoms with van der Waals surface area (Å²) in [6.45, 7) is 0.258. The summed E-state index contributed by atoms with van der Waals surface area (Å²) in [4.78, 5) is 15.7. The molecule has 1 aromatic carbocycles. The van der Waals surface area contributed by atoms with Crippen molar-refractivity contribution in [2.45, 2.75) is 6.61 Å². The quantitative estimate of drug-likeness (QED) is 0.671. The molecule has 2 rings (SSSR count). The third kappa shape index (κ3) is 3.22.